The molecule has 0 fully saturated rings. The normalized spacial score (nSPS) is 10.2. The summed E-state index contributed by atoms with van der Waals surface area (Å²) < 4.78 is 10.1. The third-order valence-electron chi connectivity index (χ3n) is 3.47. The maximum atomic E-state index is 12.1. The second-order valence-corrected chi connectivity index (χ2v) is 5.74. The van der Waals surface area contributed by atoms with Gasteiger partial charge in [0.25, 0.3) is 5.91 Å². The Hall–Kier alpha value is -3.40. The van der Waals surface area contributed by atoms with Crippen molar-refractivity contribution in [2.24, 2.45) is 0 Å². The van der Waals surface area contributed by atoms with Crippen LogP contribution in [0.15, 0.2) is 30.3 Å². The highest BCUT2D eigenvalue weighted by atomic mass is 35.5. The minimum Gasteiger partial charge on any atom is -0.490 e. The molecule has 0 aliphatic carbocycles. The van der Waals surface area contributed by atoms with Gasteiger partial charge in [-0.3, -0.25) is 25.0 Å². The molecule has 1 amide bonds. The van der Waals surface area contributed by atoms with Crippen LogP contribution in [0.4, 0.5) is 17.1 Å². The largest absolute Gasteiger partial charge is 0.490 e. The molecule has 1 N–H and O–H groups in total. The van der Waals surface area contributed by atoms with Crippen LogP contribution < -0.4 is 14.8 Å². The lowest BCUT2D eigenvalue weighted by Gasteiger charge is -2.11. The van der Waals surface area contributed by atoms with E-state index in [0.29, 0.717) is 5.56 Å². The third-order valence-corrected chi connectivity index (χ3v) is 3.71. The predicted octanol–water partition coefficient (Wildman–Crippen LogP) is 3.49. The lowest BCUT2D eigenvalue weighted by Crippen LogP contribution is -2.21. The van der Waals surface area contributed by atoms with Crippen LogP contribution in [0.2, 0.25) is 5.02 Å². The van der Waals surface area contributed by atoms with Crippen LogP contribution in [0.25, 0.3) is 0 Å². The molecule has 2 aromatic carbocycles. The summed E-state index contributed by atoms with van der Waals surface area (Å²) in [6, 6.07) is 6.37. The van der Waals surface area contributed by atoms with E-state index < -0.39 is 22.4 Å². The fraction of sp³-hybridized carbons (Fsp3) is 0.188. The second kappa shape index (κ2) is 8.32. The number of ether oxygens (including phenoxy) is 2. The van der Waals surface area contributed by atoms with Gasteiger partial charge in [-0.15, -0.1) is 0 Å². The van der Waals surface area contributed by atoms with E-state index in [0.717, 1.165) is 6.07 Å². The number of carbonyl (C=O) groups is 1. The number of methoxy groups -OCH3 is 1. The molecule has 27 heavy (non-hydrogen) atoms. The second-order valence-electron chi connectivity index (χ2n) is 5.30. The molecular weight excluding hydrogens is 382 g/mol. The van der Waals surface area contributed by atoms with Crippen LogP contribution in [0, 0.1) is 27.2 Å². The first-order valence-corrected chi connectivity index (χ1v) is 7.80. The zero-order chi connectivity index (χ0) is 20.1. The summed E-state index contributed by atoms with van der Waals surface area (Å²) >= 11 is 5.71. The smallest absolute Gasteiger partial charge is 0.312 e. The summed E-state index contributed by atoms with van der Waals surface area (Å²) in [6.07, 6.45) is 0. The number of nitro benzene ring substituents is 2. The SMILES string of the molecule is COc1cc(NC(=O)COc2ccc(Cl)cc2[N+](=O)[O-])c(C)cc1[N+](=O)[O-]. The molecule has 0 aliphatic heterocycles. The van der Waals surface area contributed by atoms with Crippen molar-refractivity contribution >= 4 is 34.6 Å². The maximum absolute atomic E-state index is 12.1. The molecule has 0 atom stereocenters. The Kier molecular flexibility index (Phi) is 6.14. The van der Waals surface area contributed by atoms with Crippen LogP contribution in [0.3, 0.4) is 0 Å². The Bertz CT molecular complexity index is 917. The van der Waals surface area contributed by atoms with Crippen molar-refractivity contribution in [3.05, 3.63) is 61.1 Å². The van der Waals surface area contributed by atoms with E-state index in [1.807, 2.05) is 0 Å². The summed E-state index contributed by atoms with van der Waals surface area (Å²) in [5, 5.41) is 24.7. The average molecular weight is 396 g/mol. The van der Waals surface area contributed by atoms with Gasteiger partial charge in [0.05, 0.1) is 17.0 Å². The molecule has 0 unspecified atom stereocenters. The summed E-state index contributed by atoms with van der Waals surface area (Å²) in [6.45, 7) is 1.06. The fourth-order valence-electron chi connectivity index (χ4n) is 2.20. The number of carbonyl (C=O) groups excluding carboxylic acids is 1. The van der Waals surface area contributed by atoms with E-state index in [-0.39, 0.29) is 33.6 Å². The van der Waals surface area contributed by atoms with Crippen molar-refractivity contribution in [1.29, 1.82) is 0 Å². The van der Waals surface area contributed by atoms with Crippen molar-refractivity contribution in [2.45, 2.75) is 6.92 Å². The number of benzene rings is 2. The minimum atomic E-state index is -0.676. The summed E-state index contributed by atoms with van der Waals surface area (Å²) in [7, 11) is 1.27. The predicted molar refractivity (Wildman–Crippen MR) is 96.6 cm³/mol. The van der Waals surface area contributed by atoms with Gasteiger partial charge in [-0.1, -0.05) is 11.6 Å². The van der Waals surface area contributed by atoms with Gasteiger partial charge in [0.2, 0.25) is 0 Å². The number of halogens is 1. The molecule has 0 aromatic heterocycles. The Labute approximate surface area is 157 Å². The van der Waals surface area contributed by atoms with Gasteiger partial charge in [-0.2, -0.15) is 0 Å². The lowest BCUT2D eigenvalue weighted by atomic mass is 10.1. The zero-order valence-corrected chi connectivity index (χ0v) is 15.0. The van der Waals surface area contributed by atoms with Gasteiger partial charge in [0.1, 0.15) is 0 Å². The first kappa shape index (κ1) is 19.9. The lowest BCUT2D eigenvalue weighted by molar-refractivity contribution is -0.385. The molecule has 0 saturated carbocycles. The van der Waals surface area contributed by atoms with Crippen molar-refractivity contribution in [2.75, 3.05) is 19.0 Å². The first-order valence-electron chi connectivity index (χ1n) is 7.42. The van der Waals surface area contributed by atoms with E-state index in [1.54, 1.807) is 6.92 Å². The number of anilines is 1. The summed E-state index contributed by atoms with van der Waals surface area (Å²) in [4.78, 5) is 32.8. The average Bonchev–Trinajstić information content (AvgIpc) is 2.61. The number of hydrogen-bond donors (Lipinski definition) is 1. The maximum Gasteiger partial charge on any atom is 0.312 e. The van der Waals surface area contributed by atoms with E-state index in [9.17, 15) is 25.0 Å². The van der Waals surface area contributed by atoms with Crippen LogP contribution in [-0.4, -0.2) is 29.5 Å². The van der Waals surface area contributed by atoms with Crippen LogP contribution in [0.1, 0.15) is 5.56 Å². The van der Waals surface area contributed by atoms with Gasteiger partial charge < -0.3 is 14.8 Å². The monoisotopic (exact) mass is 395 g/mol. The van der Waals surface area contributed by atoms with Crippen LogP contribution in [-0.2, 0) is 4.79 Å². The van der Waals surface area contributed by atoms with Crippen molar-refractivity contribution in [3.63, 3.8) is 0 Å². The van der Waals surface area contributed by atoms with Crippen LogP contribution >= 0.6 is 11.6 Å². The number of nitrogens with one attached hydrogen (secondary N) is 1. The number of hydrogen-bond acceptors (Lipinski definition) is 7. The van der Waals surface area contributed by atoms with Gasteiger partial charge in [0, 0.05) is 28.9 Å². The summed E-state index contributed by atoms with van der Waals surface area (Å²) in [5.74, 6) is -0.744. The van der Waals surface area contributed by atoms with Crippen molar-refractivity contribution in [3.8, 4) is 11.5 Å². The molecular formula is C16H14ClN3O7. The van der Waals surface area contributed by atoms with Gasteiger partial charge >= 0.3 is 11.4 Å². The molecule has 0 aliphatic rings. The van der Waals surface area contributed by atoms with Crippen molar-refractivity contribution in [1.82, 2.24) is 0 Å². The summed E-state index contributed by atoms with van der Waals surface area (Å²) in [5.41, 5.74) is 0.120. The number of aryl methyl sites for hydroxylation is 1. The molecule has 0 heterocycles. The Morgan fingerprint density at radius 1 is 1.11 bits per heavy atom. The molecule has 2 rings (SSSR count). The van der Waals surface area contributed by atoms with Gasteiger partial charge in [-0.25, -0.2) is 0 Å². The number of nitro groups is 2. The van der Waals surface area contributed by atoms with Gasteiger partial charge in [-0.05, 0) is 24.6 Å². The highest BCUT2D eigenvalue weighted by molar-refractivity contribution is 6.30. The zero-order valence-electron chi connectivity index (χ0n) is 14.2. The van der Waals surface area contributed by atoms with E-state index in [1.165, 1.54) is 31.4 Å². The third kappa shape index (κ3) is 4.82. The number of rotatable bonds is 7. The molecule has 0 saturated heterocycles. The quantitative estimate of drug-likeness (QED) is 0.560. The number of nitrogens with zero attached hydrogens (tertiary/aromatic N) is 2. The Balaban J connectivity index is 2.13. The Morgan fingerprint density at radius 2 is 1.74 bits per heavy atom. The molecule has 2 aromatic rings. The van der Waals surface area contributed by atoms with E-state index in [4.69, 9.17) is 21.1 Å². The molecule has 142 valence electrons. The van der Waals surface area contributed by atoms with Crippen molar-refractivity contribution < 1.29 is 24.1 Å². The molecule has 10 nitrogen and oxygen atoms in total. The standard InChI is InChI=1S/C16H14ClN3O7/c1-9-5-12(19(22)23)15(26-2)7-11(9)18-16(21)8-27-14-4-3-10(17)6-13(14)20(24)25/h3-7H,8H2,1-2H3,(H,18,21). The minimum absolute atomic E-state index is 0.0184. The molecule has 0 spiro atoms. The molecule has 11 heteroatoms. The van der Waals surface area contributed by atoms with E-state index >= 15 is 0 Å². The van der Waals surface area contributed by atoms with E-state index in [2.05, 4.69) is 5.32 Å². The van der Waals surface area contributed by atoms with Crippen LogP contribution in [0.5, 0.6) is 11.5 Å². The molecule has 0 radical (unpaired) electrons. The molecule has 0 bridgehead atoms. The fourth-order valence-corrected chi connectivity index (χ4v) is 2.36. The topological polar surface area (TPSA) is 134 Å². The number of amides is 1. The highest BCUT2D eigenvalue weighted by Crippen LogP contribution is 2.33. The first-order chi connectivity index (χ1) is 12.7. The highest BCUT2D eigenvalue weighted by Gasteiger charge is 2.20. The van der Waals surface area contributed by atoms with Gasteiger partial charge in [0.15, 0.2) is 18.1 Å². The Morgan fingerprint density at radius 3 is 2.33 bits per heavy atom.